The van der Waals surface area contributed by atoms with Crippen molar-refractivity contribution in [2.75, 3.05) is 18.0 Å². The Hall–Kier alpha value is -4.04. The first kappa shape index (κ1) is 27.1. The highest BCUT2D eigenvalue weighted by atomic mass is 32.2. The van der Waals surface area contributed by atoms with E-state index in [1.807, 2.05) is 38.1 Å². The summed E-state index contributed by atoms with van der Waals surface area (Å²) in [5.74, 6) is 0.574. The number of likely N-dealkylation sites (tertiary alicyclic amines) is 1. The predicted molar refractivity (Wildman–Crippen MR) is 154 cm³/mol. The highest BCUT2D eigenvalue weighted by Gasteiger charge is 2.47. The molecule has 1 saturated carbocycles. The number of aromatic nitrogens is 1. The van der Waals surface area contributed by atoms with E-state index in [1.165, 1.54) is 11.8 Å². The number of ether oxygens (including phenoxy) is 1. The van der Waals surface area contributed by atoms with Crippen LogP contribution in [0.2, 0.25) is 0 Å². The first-order chi connectivity index (χ1) is 19.8. The maximum Gasteiger partial charge on any atom is 0.327 e. The van der Waals surface area contributed by atoms with Crippen LogP contribution in [0, 0.1) is 17.2 Å². The summed E-state index contributed by atoms with van der Waals surface area (Å²) in [5.41, 5.74) is 2.40. The lowest BCUT2D eigenvalue weighted by atomic mass is 9.99. The number of thioether (sulfide) groups is 1. The third-order valence-corrected chi connectivity index (χ3v) is 8.95. The molecule has 2 N–H and O–H groups in total. The fourth-order valence-corrected chi connectivity index (χ4v) is 6.85. The molecule has 41 heavy (non-hydrogen) atoms. The summed E-state index contributed by atoms with van der Waals surface area (Å²) in [7, 11) is 0. The van der Waals surface area contributed by atoms with E-state index in [0.717, 1.165) is 37.0 Å². The molecule has 10 nitrogen and oxygen atoms in total. The minimum Gasteiger partial charge on any atom is -0.491 e. The zero-order chi connectivity index (χ0) is 28.7. The molecule has 1 aliphatic carbocycles. The van der Waals surface area contributed by atoms with Gasteiger partial charge in [-0.15, -0.1) is 0 Å². The number of nitriles is 1. The van der Waals surface area contributed by atoms with Gasteiger partial charge in [0.2, 0.25) is 5.91 Å². The quantitative estimate of drug-likeness (QED) is 0.376. The third-order valence-electron chi connectivity index (χ3n) is 7.66. The molecule has 1 aromatic carbocycles. The molecule has 2 unspecified atom stereocenters. The lowest BCUT2D eigenvalue weighted by molar-refractivity contribution is -0.129. The summed E-state index contributed by atoms with van der Waals surface area (Å²) >= 11 is 1.34. The van der Waals surface area contributed by atoms with Crippen LogP contribution in [-0.2, 0) is 9.59 Å². The van der Waals surface area contributed by atoms with Crippen molar-refractivity contribution >= 4 is 41.0 Å². The molecule has 0 spiro atoms. The number of carbonyl (C=O) groups excluding carboxylic acids is 3. The minimum absolute atomic E-state index is 0.0415. The molecule has 0 radical (unpaired) electrons. The van der Waals surface area contributed by atoms with E-state index in [-0.39, 0.29) is 35.6 Å². The fourth-order valence-electron chi connectivity index (χ4n) is 5.62. The Morgan fingerprint density at radius 1 is 1.22 bits per heavy atom. The maximum absolute atomic E-state index is 13.6. The number of pyridine rings is 1. The zero-order valence-corrected chi connectivity index (χ0v) is 23.8. The molecule has 4 amide bonds. The maximum atomic E-state index is 13.6. The summed E-state index contributed by atoms with van der Waals surface area (Å²) in [5, 5.41) is 15.8. The molecule has 1 aromatic heterocycles. The van der Waals surface area contributed by atoms with Crippen molar-refractivity contribution in [3.8, 4) is 11.8 Å². The second kappa shape index (κ2) is 11.1. The zero-order valence-electron chi connectivity index (χ0n) is 23.0. The minimum atomic E-state index is -0.595. The Bertz CT molecular complexity index is 1450. The van der Waals surface area contributed by atoms with Gasteiger partial charge in [0.1, 0.15) is 27.7 Å². The number of urea groups is 1. The summed E-state index contributed by atoms with van der Waals surface area (Å²) in [4.78, 5) is 47.8. The van der Waals surface area contributed by atoms with Crippen LogP contribution in [0.25, 0.3) is 0 Å². The van der Waals surface area contributed by atoms with E-state index in [1.54, 1.807) is 28.1 Å². The number of allylic oxidation sites excluding steroid dienone is 1. The van der Waals surface area contributed by atoms with Gasteiger partial charge in [0, 0.05) is 30.9 Å². The summed E-state index contributed by atoms with van der Waals surface area (Å²) in [6.45, 7) is 4.82. The van der Waals surface area contributed by atoms with Crippen molar-refractivity contribution in [2.45, 2.75) is 68.0 Å². The lowest BCUT2D eigenvalue weighted by Crippen LogP contribution is -2.53. The van der Waals surface area contributed by atoms with Crippen LogP contribution in [0.1, 0.15) is 51.1 Å². The van der Waals surface area contributed by atoms with Crippen molar-refractivity contribution in [3.63, 3.8) is 0 Å². The Kier molecular flexibility index (Phi) is 7.34. The average molecular weight is 573 g/mol. The highest BCUT2D eigenvalue weighted by Crippen LogP contribution is 2.50. The van der Waals surface area contributed by atoms with Crippen LogP contribution in [0.5, 0.6) is 5.75 Å². The van der Waals surface area contributed by atoms with E-state index in [2.05, 4.69) is 21.7 Å². The van der Waals surface area contributed by atoms with Crippen LogP contribution in [0.4, 0.5) is 16.2 Å². The Morgan fingerprint density at radius 3 is 2.71 bits per heavy atom. The first-order valence-electron chi connectivity index (χ1n) is 14.1. The van der Waals surface area contributed by atoms with Crippen LogP contribution in [0.15, 0.2) is 53.2 Å². The Morgan fingerprint density at radius 2 is 2.00 bits per heavy atom. The predicted octanol–water partition coefficient (Wildman–Crippen LogP) is 4.21. The molecular weight excluding hydrogens is 540 g/mol. The molecule has 4 aliphatic rings. The number of piperidine rings is 1. The molecule has 2 aromatic rings. The summed E-state index contributed by atoms with van der Waals surface area (Å²) in [6, 6.07) is 10.1. The molecule has 6 rings (SSSR count). The number of hydrogen-bond acceptors (Lipinski definition) is 7. The number of carbonyl (C=O) groups is 3. The van der Waals surface area contributed by atoms with Crippen molar-refractivity contribution in [1.82, 2.24) is 20.5 Å². The number of benzene rings is 1. The largest absolute Gasteiger partial charge is 0.491 e. The van der Waals surface area contributed by atoms with Gasteiger partial charge in [0.05, 0.1) is 23.5 Å². The van der Waals surface area contributed by atoms with Gasteiger partial charge in [-0.25, -0.2) is 9.78 Å². The molecule has 0 bridgehead atoms. The van der Waals surface area contributed by atoms with Gasteiger partial charge < -0.3 is 20.3 Å². The molecule has 212 valence electrons. The molecule has 4 heterocycles. The van der Waals surface area contributed by atoms with Crippen molar-refractivity contribution in [1.29, 1.82) is 5.26 Å². The number of hydrogen-bond donors (Lipinski definition) is 2. The molecule has 11 heteroatoms. The van der Waals surface area contributed by atoms with Crippen LogP contribution < -0.4 is 20.3 Å². The fraction of sp³-hybridized carbons (Fsp3) is 0.433. The number of anilines is 2. The topological polar surface area (TPSA) is 128 Å². The molecule has 3 atom stereocenters. The van der Waals surface area contributed by atoms with Gasteiger partial charge in [-0.3, -0.25) is 14.5 Å². The summed E-state index contributed by atoms with van der Waals surface area (Å²) in [6.07, 6.45) is 6.99. The van der Waals surface area contributed by atoms with Gasteiger partial charge >= 0.3 is 6.03 Å². The summed E-state index contributed by atoms with van der Waals surface area (Å²) < 4.78 is 5.74. The first-order valence-corrected chi connectivity index (χ1v) is 14.9. The Balaban J connectivity index is 1.16. The standard InChI is InChI=1S/C30H32N6O4S/c1-17(2)40-22-9-7-21(8-10-22)36-23-11-12-32-28-24(23)25(34-30(36)39)26(41-28)27(37)33-20-4-3-13-35(16-20)29(38)19(15-31)14-18-5-6-18/h7-12,14,17-18,20,25-26H,3-6,13,16H2,1-2H3,(H,33,37)(H,34,39)/b19-14+/t20?,25?,26-/m1/s1. The smallest absolute Gasteiger partial charge is 0.327 e. The van der Waals surface area contributed by atoms with E-state index < -0.39 is 11.3 Å². The van der Waals surface area contributed by atoms with Gasteiger partial charge in [0.25, 0.3) is 5.91 Å². The van der Waals surface area contributed by atoms with Crippen LogP contribution in [-0.4, -0.2) is 58.2 Å². The number of nitrogens with one attached hydrogen (secondary N) is 2. The van der Waals surface area contributed by atoms with E-state index in [0.29, 0.717) is 35.4 Å². The Labute approximate surface area is 243 Å². The van der Waals surface area contributed by atoms with E-state index in [9.17, 15) is 19.6 Å². The van der Waals surface area contributed by atoms with Gasteiger partial charge in [0.15, 0.2) is 0 Å². The van der Waals surface area contributed by atoms with Gasteiger partial charge in [-0.05, 0) is 75.8 Å². The molecule has 3 aliphatic heterocycles. The van der Waals surface area contributed by atoms with Crippen molar-refractivity contribution < 1.29 is 19.1 Å². The van der Waals surface area contributed by atoms with E-state index in [4.69, 9.17) is 4.74 Å². The van der Waals surface area contributed by atoms with Gasteiger partial charge in [-0.2, -0.15) is 5.26 Å². The second-order valence-electron chi connectivity index (χ2n) is 11.1. The average Bonchev–Trinajstić information content (AvgIpc) is 3.71. The molecular formula is C30H32N6O4S. The third kappa shape index (κ3) is 5.48. The monoisotopic (exact) mass is 572 g/mol. The van der Waals surface area contributed by atoms with Gasteiger partial charge in [-0.1, -0.05) is 17.8 Å². The van der Waals surface area contributed by atoms with Crippen molar-refractivity contribution in [2.24, 2.45) is 5.92 Å². The van der Waals surface area contributed by atoms with Crippen LogP contribution in [0.3, 0.4) is 0 Å². The normalized spacial score (nSPS) is 23.5. The highest BCUT2D eigenvalue weighted by molar-refractivity contribution is 8.01. The number of nitrogens with zero attached hydrogens (tertiary/aromatic N) is 4. The lowest BCUT2D eigenvalue weighted by Gasteiger charge is -2.36. The molecule has 2 fully saturated rings. The van der Waals surface area contributed by atoms with Crippen LogP contribution >= 0.6 is 11.8 Å². The SMILES string of the molecule is CC(C)Oc1ccc(N2C(=O)NC3c4c2ccnc4S[C@H]3C(=O)NC2CCCN(C(=O)/C(C#N)=C/C3CC3)C2)cc1. The van der Waals surface area contributed by atoms with E-state index >= 15 is 0 Å². The molecule has 1 saturated heterocycles. The second-order valence-corrected chi connectivity index (χ2v) is 12.3. The van der Waals surface area contributed by atoms with Crippen molar-refractivity contribution in [3.05, 3.63) is 53.7 Å². The number of rotatable bonds is 7. The number of amides is 4.